The molecular formula is C16H31N3O3. The Balaban J connectivity index is 1.70. The van der Waals surface area contributed by atoms with Crippen molar-refractivity contribution in [2.24, 2.45) is 5.92 Å². The maximum absolute atomic E-state index is 12.1. The van der Waals surface area contributed by atoms with E-state index in [9.17, 15) is 4.79 Å². The van der Waals surface area contributed by atoms with Crippen LogP contribution in [0.5, 0.6) is 0 Å². The van der Waals surface area contributed by atoms with Gasteiger partial charge in [-0.3, -0.25) is 4.90 Å². The van der Waals surface area contributed by atoms with Gasteiger partial charge in [0, 0.05) is 52.4 Å². The van der Waals surface area contributed by atoms with Gasteiger partial charge in [-0.15, -0.1) is 0 Å². The van der Waals surface area contributed by atoms with Gasteiger partial charge in [-0.25, -0.2) is 4.79 Å². The number of amides is 1. The summed E-state index contributed by atoms with van der Waals surface area (Å²) in [5.74, 6) is 0.553. The Labute approximate surface area is 134 Å². The molecule has 1 atom stereocenters. The Morgan fingerprint density at radius 3 is 2.36 bits per heavy atom. The van der Waals surface area contributed by atoms with Gasteiger partial charge in [-0.2, -0.15) is 0 Å². The Bertz CT molecular complexity index is 362. The van der Waals surface area contributed by atoms with Crippen LogP contribution in [0.3, 0.4) is 0 Å². The predicted molar refractivity (Wildman–Crippen MR) is 85.9 cm³/mol. The molecule has 2 rings (SSSR count). The van der Waals surface area contributed by atoms with Gasteiger partial charge in [0.1, 0.15) is 5.60 Å². The van der Waals surface area contributed by atoms with Crippen LogP contribution in [0.25, 0.3) is 0 Å². The molecule has 0 bridgehead atoms. The highest BCUT2D eigenvalue weighted by Gasteiger charge is 2.31. The second-order valence-corrected chi connectivity index (χ2v) is 7.45. The largest absolute Gasteiger partial charge is 0.444 e. The summed E-state index contributed by atoms with van der Waals surface area (Å²) in [5.41, 5.74) is -0.418. The molecular weight excluding hydrogens is 282 g/mol. The fraction of sp³-hybridized carbons (Fsp3) is 0.938. The minimum atomic E-state index is -0.418. The monoisotopic (exact) mass is 313 g/mol. The molecule has 0 saturated carbocycles. The molecule has 1 unspecified atom stereocenters. The summed E-state index contributed by atoms with van der Waals surface area (Å²) in [5, 5.41) is 8.97. The summed E-state index contributed by atoms with van der Waals surface area (Å²) in [7, 11) is 0. The maximum atomic E-state index is 12.1. The van der Waals surface area contributed by atoms with E-state index in [-0.39, 0.29) is 12.7 Å². The van der Waals surface area contributed by atoms with E-state index in [1.165, 1.54) is 0 Å². The molecule has 0 aromatic carbocycles. The molecule has 6 heteroatoms. The zero-order valence-electron chi connectivity index (χ0n) is 14.3. The Kier molecular flexibility index (Phi) is 6.06. The second kappa shape index (κ2) is 7.62. The average molecular weight is 313 g/mol. The molecule has 128 valence electrons. The highest BCUT2D eigenvalue weighted by atomic mass is 16.6. The van der Waals surface area contributed by atoms with E-state index in [0.29, 0.717) is 5.92 Å². The van der Waals surface area contributed by atoms with Crippen molar-refractivity contribution in [2.75, 3.05) is 59.0 Å². The summed E-state index contributed by atoms with van der Waals surface area (Å²) in [4.78, 5) is 18.7. The van der Waals surface area contributed by atoms with Crippen LogP contribution in [-0.2, 0) is 4.74 Å². The van der Waals surface area contributed by atoms with Crippen molar-refractivity contribution in [2.45, 2.75) is 32.8 Å². The Morgan fingerprint density at radius 1 is 1.14 bits per heavy atom. The zero-order chi connectivity index (χ0) is 16.2. The third kappa shape index (κ3) is 5.41. The van der Waals surface area contributed by atoms with E-state index in [0.717, 1.165) is 58.8 Å². The first-order chi connectivity index (χ1) is 10.4. The van der Waals surface area contributed by atoms with E-state index < -0.39 is 5.60 Å². The van der Waals surface area contributed by atoms with Gasteiger partial charge in [0.2, 0.25) is 0 Å². The van der Waals surface area contributed by atoms with E-state index >= 15 is 0 Å². The van der Waals surface area contributed by atoms with Crippen LogP contribution in [0.15, 0.2) is 0 Å². The van der Waals surface area contributed by atoms with Gasteiger partial charge in [0.05, 0.1) is 6.61 Å². The van der Waals surface area contributed by atoms with Crippen molar-refractivity contribution in [1.29, 1.82) is 0 Å². The van der Waals surface area contributed by atoms with Crippen LogP contribution in [0.4, 0.5) is 4.79 Å². The number of carbonyl (C=O) groups is 1. The molecule has 2 fully saturated rings. The quantitative estimate of drug-likeness (QED) is 0.834. The number of hydrogen-bond donors (Lipinski definition) is 1. The summed E-state index contributed by atoms with van der Waals surface area (Å²) in [6, 6.07) is 0. The molecule has 22 heavy (non-hydrogen) atoms. The smallest absolute Gasteiger partial charge is 0.410 e. The molecule has 1 N–H and O–H groups in total. The average Bonchev–Trinajstić information content (AvgIpc) is 2.88. The number of aliphatic hydroxyl groups is 1. The number of ether oxygens (including phenoxy) is 1. The lowest BCUT2D eigenvalue weighted by atomic mass is 10.1. The number of aliphatic hydroxyl groups excluding tert-OH is 1. The van der Waals surface area contributed by atoms with Crippen molar-refractivity contribution < 1.29 is 14.6 Å². The minimum Gasteiger partial charge on any atom is -0.444 e. The van der Waals surface area contributed by atoms with Crippen LogP contribution >= 0.6 is 0 Å². The van der Waals surface area contributed by atoms with Gasteiger partial charge < -0.3 is 19.6 Å². The molecule has 2 aliphatic rings. The molecule has 0 aromatic rings. The third-order valence-electron chi connectivity index (χ3n) is 4.34. The highest BCUT2D eigenvalue weighted by molar-refractivity contribution is 5.68. The third-order valence-corrected chi connectivity index (χ3v) is 4.34. The van der Waals surface area contributed by atoms with Crippen molar-refractivity contribution >= 4 is 6.09 Å². The first kappa shape index (κ1) is 17.5. The predicted octanol–water partition coefficient (Wildman–Crippen LogP) is 0.853. The Morgan fingerprint density at radius 2 is 1.77 bits per heavy atom. The first-order valence-corrected chi connectivity index (χ1v) is 8.41. The number of nitrogens with zero attached hydrogens (tertiary/aromatic N) is 3. The van der Waals surface area contributed by atoms with Crippen LogP contribution < -0.4 is 0 Å². The fourth-order valence-electron chi connectivity index (χ4n) is 3.18. The summed E-state index contributed by atoms with van der Waals surface area (Å²) in [6.45, 7) is 13.6. The van der Waals surface area contributed by atoms with Crippen molar-refractivity contribution in [3.05, 3.63) is 0 Å². The lowest BCUT2D eigenvalue weighted by Gasteiger charge is -2.35. The fourth-order valence-corrected chi connectivity index (χ4v) is 3.18. The number of rotatable bonds is 4. The minimum absolute atomic E-state index is 0.178. The van der Waals surface area contributed by atoms with Gasteiger partial charge >= 0.3 is 6.09 Å². The molecule has 2 saturated heterocycles. The van der Waals surface area contributed by atoms with E-state index in [1.54, 1.807) is 0 Å². The summed E-state index contributed by atoms with van der Waals surface area (Å²) in [6.07, 6.45) is 0.888. The van der Waals surface area contributed by atoms with E-state index in [2.05, 4.69) is 9.80 Å². The van der Waals surface area contributed by atoms with Crippen LogP contribution in [0, 0.1) is 5.92 Å². The molecule has 6 nitrogen and oxygen atoms in total. The molecule has 0 aromatic heterocycles. The number of piperazine rings is 1. The number of hydrogen-bond acceptors (Lipinski definition) is 5. The zero-order valence-corrected chi connectivity index (χ0v) is 14.3. The first-order valence-electron chi connectivity index (χ1n) is 8.41. The lowest BCUT2D eigenvalue weighted by Crippen LogP contribution is -2.48. The van der Waals surface area contributed by atoms with Crippen LogP contribution in [0.2, 0.25) is 0 Å². The number of carbonyl (C=O) groups excluding carboxylic acids is 1. The number of β-amino-alcohol motifs (C(OH)–C–C–N with tert-alkyl or cyclic N) is 1. The lowest BCUT2D eigenvalue weighted by molar-refractivity contribution is 0.0282. The molecule has 0 spiro atoms. The normalized spacial score (nSPS) is 24.7. The molecule has 0 aliphatic carbocycles. The second-order valence-electron chi connectivity index (χ2n) is 7.45. The number of likely N-dealkylation sites (tertiary alicyclic amines) is 1. The summed E-state index contributed by atoms with van der Waals surface area (Å²) >= 11 is 0. The van der Waals surface area contributed by atoms with Crippen molar-refractivity contribution in [3.63, 3.8) is 0 Å². The summed E-state index contributed by atoms with van der Waals surface area (Å²) < 4.78 is 5.44. The van der Waals surface area contributed by atoms with E-state index in [4.69, 9.17) is 9.84 Å². The molecule has 2 heterocycles. The van der Waals surface area contributed by atoms with Gasteiger partial charge in [0.25, 0.3) is 0 Å². The molecule has 0 radical (unpaired) electrons. The van der Waals surface area contributed by atoms with Crippen LogP contribution in [0.1, 0.15) is 27.2 Å². The van der Waals surface area contributed by atoms with Crippen molar-refractivity contribution in [1.82, 2.24) is 14.7 Å². The highest BCUT2D eigenvalue weighted by Crippen LogP contribution is 2.21. The van der Waals surface area contributed by atoms with Crippen LogP contribution in [-0.4, -0.2) is 90.5 Å². The molecule has 1 amide bonds. The topological polar surface area (TPSA) is 56.2 Å². The van der Waals surface area contributed by atoms with E-state index in [1.807, 2.05) is 25.7 Å². The van der Waals surface area contributed by atoms with Gasteiger partial charge in [-0.05, 0) is 33.1 Å². The molecule has 2 aliphatic heterocycles. The SMILES string of the molecule is CC(C)(C)OC(=O)N1CCC(CN2CCN(CCO)CC2)C1. The standard InChI is InChI=1S/C16H31N3O3/c1-16(2,3)22-15(21)19-5-4-14(13-19)12-18-8-6-17(7-9-18)10-11-20/h14,20H,4-13H2,1-3H3. The van der Waals surface area contributed by atoms with Crippen molar-refractivity contribution in [3.8, 4) is 0 Å². The van der Waals surface area contributed by atoms with Gasteiger partial charge in [0.15, 0.2) is 0 Å². The maximum Gasteiger partial charge on any atom is 0.410 e. The Hall–Kier alpha value is -0.850. The van der Waals surface area contributed by atoms with Gasteiger partial charge in [-0.1, -0.05) is 0 Å².